The standard InChI is InChI=1S/C28H24N2.CH4/c1-19-10-6-9-15-26(19)30-20(2)29(22-12-4-3-5-13-22)28-25-18-21-11-7-8-14-23(21)24(25)16-17-27(28)30;/h3-17,20H,18H2,1-2H3;1H4/t20-;/m0./s1. The van der Waals surface area contributed by atoms with Crippen molar-refractivity contribution in [3.63, 3.8) is 0 Å². The molecule has 1 heterocycles. The number of aryl methyl sites for hydroxylation is 1. The summed E-state index contributed by atoms with van der Waals surface area (Å²) in [5.74, 6) is 0. The number of nitrogens with zero attached hydrogens (tertiary/aromatic N) is 2. The van der Waals surface area contributed by atoms with Crippen LogP contribution in [0.2, 0.25) is 0 Å². The van der Waals surface area contributed by atoms with E-state index in [2.05, 4.69) is 115 Å². The summed E-state index contributed by atoms with van der Waals surface area (Å²) >= 11 is 0. The second kappa shape index (κ2) is 7.31. The molecule has 4 aromatic carbocycles. The van der Waals surface area contributed by atoms with Crippen LogP contribution in [-0.4, -0.2) is 6.17 Å². The molecule has 0 amide bonds. The van der Waals surface area contributed by atoms with E-state index in [0.717, 1.165) is 6.42 Å². The van der Waals surface area contributed by atoms with Crippen LogP contribution in [0, 0.1) is 6.92 Å². The Morgan fingerprint density at radius 1 is 0.677 bits per heavy atom. The van der Waals surface area contributed by atoms with Crippen molar-refractivity contribution in [2.24, 2.45) is 0 Å². The molecule has 0 N–H and O–H groups in total. The van der Waals surface area contributed by atoms with Gasteiger partial charge in [-0.05, 0) is 65.9 Å². The highest BCUT2D eigenvalue weighted by atomic mass is 15.4. The van der Waals surface area contributed by atoms with Crippen LogP contribution in [0.3, 0.4) is 0 Å². The highest BCUT2D eigenvalue weighted by Gasteiger charge is 2.39. The Bertz CT molecular complexity index is 1260. The van der Waals surface area contributed by atoms with E-state index in [9.17, 15) is 0 Å². The van der Waals surface area contributed by atoms with E-state index >= 15 is 0 Å². The molecule has 31 heavy (non-hydrogen) atoms. The van der Waals surface area contributed by atoms with Crippen molar-refractivity contribution in [1.82, 2.24) is 0 Å². The maximum Gasteiger partial charge on any atom is 0.108 e. The molecule has 2 heteroatoms. The summed E-state index contributed by atoms with van der Waals surface area (Å²) in [5, 5.41) is 0. The lowest BCUT2D eigenvalue weighted by atomic mass is 10.0. The van der Waals surface area contributed by atoms with Crippen molar-refractivity contribution >= 4 is 22.7 Å². The Hall–Kier alpha value is -3.52. The molecule has 0 fully saturated rings. The van der Waals surface area contributed by atoms with E-state index < -0.39 is 0 Å². The largest absolute Gasteiger partial charge is 0.318 e. The fourth-order valence-electron chi connectivity index (χ4n) is 5.25. The van der Waals surface area contributed by atoms with Crippen LogP contribution in [0.15, 0.2) is 91.0 Å². The first-order valence-corrected chi connectivity index (χ1v) is 10.7. The van der Waals surface area contributed by atoms with E-state index in [1.165, 1.54) is 50.6 Å². The lowest BCUT2D eigenvalue weighted by Gasteiger charge is -2.31. The summed E-state index contributed by atoms with van der Waals surface area (Å²) in [5.41, 5.74) is 12.1. The second-order valence-corrected chi connectivity index (χ2v) is 8.29. The third kappa shape index (κ3) is 2.79. The SMILES string of the molecule is C.Cc1ccccc1N1c2ccc3c(c2N(c2ccccc2)[C@@H]1C)Cc1ccccc1-3. The molecule has 1 aliphatic carbocycles. The number of anilines is 4. The van der Waals surface area contributed by atoms with Gasteiger partial charge < -0.3 is 9.80 Å². The summed E-state index contributed by atoms with van der Waals surface area (Å²) in [6.45, 7) is 4.52. The predicted octanol–water partition coefficient (Wildman–Crippen LogP) is 7.84. The molecule has 0 saturated carbocycles. The van der Waals surface area contributed by atoms with Crippen molar-refractivity contribution < 1.29 is 0 Å². The van der Waals surface area contributed by atoms with Crippen LogP contribution in [0.25, 0.3) is 11.1 Å². The van der Waals surface area contributed by atoms with Crippen LogP contribution in [-0.2, 0) is 6.42 Å². The van der Waals surface area contributed by atoms with Gasteiger partial charge in [0.1, 0.15) is 6.17 Å². The molecule has 0 spiro atoms. The lowest BCUT2D eigenvalue weighted by molar-refractivity contribution is 0.758. The smallest absolute Gasteiger partial charge is 0.108 e. The summed E-state index contributed by atoms with van der Waals surface area (Å²) in [7, 11) is 0. The number of rotatable bonds is 2. The van der Waals surface area contributed by atoms with E-state index in [4.69, 9.17) is 0 Å². The van der Waals surface area contributed by atoms with Crippen molar-refractivity contribution in [2.45, 2.75) is 33.9 Å². The molecule has 2 nitrogen and oxygen atoms in total. The fraction of sp³-hybridized carbons (Fsp3) is 0.172. The zero-order valence-corrected chi connectivity index (χ0v) is 17.3. The van der Waals surface area contributed by atoms with Crippen LogP contribution < -0.4 is 9.80 Å². The molecule has 6 rings (SSSR count). The Kier molecular flexibility index (Phi) is 4.59. The number of fused-ring (bicyclic) bond motifs is 5. The molecular weight excluding hydrogens is 376 g/mol. The number of hydrogen-bond donors (Lipinski definition) is 0. The molecule has 0 radical (unpaired) electrons. The zero-order chi connectivity index (χ0) is 20.2. The first kappa shape index (κ1) is 19.4. The van der Waals surface area contributed by atoms with Crippen molar-refractivity contribution in [3.8, 4) is 11.1 Å². The van der Waals surface area contributed by atoms with Crippen molar-refractivity contribution in [3.05, 3.63) is 108 Å². The topological polar surface area (TPSA) is 6.48 Å². The minimum Gasteiger partial charge on any atom is -0.318 e. The summed E-state index contributed by atoms with van der Waals surface area (Å²) in [6, 6.07) is 33.0. The average Bonchev–Trinajstić information content (AvgIpc) is 3.29. The van der Waals surface area contributed by atoms with E-state index in [-0.39, 0.29) is 13.6 Å². The maximum atomic E-state index is 2.52. The van der Waals surface area contributed by atoms with Crippen molar-refractivity contribution in [2.75, 3.05) is 9.80 Å². The van der Waals surface area contributed by atoms with Crippen molar-refractivity contribution in [1.29, 1.82) is 0 Å². The van der Waals surface area contributed by atoms with E-state index in [1.807, 2.05) is 0 Å². The van der Waals surface area contributed by atoms with E-state index in [0.29, 0.717) is 0 Å². The maximum absolute atomic E-state index is 2.52. The van der Waals surface area contributed by atoms with Gasteiger partial charge in [-0.15, -0.1) is 0 Å². The van der Waals surface area contributed by atoms with Gasteiger partial charge >= 0.3 is 0 Å². The minimum atomic E-state index is 0. The van der Waals surface area contributed by atoms with Gasteiger partial charge in [0.15, 0.2) is 0 Å². The first-order valence-electron chi connectivity index (χ1n) is 10.7. The van der Waals surface area contributed by atoms with Crippen LogP contribution in [0.4, 0.5) is 22.7 Å². The van der Waals surface area contributed by atoms with Crippen LogP contribution in [0.1, 0.15) is 31.0 Å². The predicted molar refractivity (Wildman–Crippen MR) is 133 cm³/mol. The normalized spacial score (nSPS) is 15.9. The quantitative estimate of drug-likeness (QED) is 0.296. The second-order valence-electron chi connectivity index (χ2n) is 8.29. The lowest BCUT2D eigenvalue weighted by Crippen LogP contribution is -2.35. The number of benzene rings is 4. The monoisotopic (exact) mass is 404 g/mol. The molecule has 4 aromatic rings. The third-order valence-electron chi connectivity index (χ3n) is 6.59. The van der Waals surface area contributed by atoms with Gasteiger partial charge in [0, 0.05) is 17.8 Å². The minimum absolute atomic E-state index is 0. The average molecular weight is 405 g/mol. The molecule has 154 valence electrons. The van der Waals surface area contributed by atoms with Gasteiger partial charge in [-0.25, -0.2) is 0 Å². The number of hydrogen-bond acceptors (Lipinski definition) is 2. The highest BCUT2D eigenvalue weighted by Crippen LogP contribution is 2.54. The first-order chi connectivity index (χ1) is 14.7. The molecule has 1 aliphatic heterocycles. The van der Waals surface area contributed by atoms with Gasteiger partial charge in [-0.2, -0.15) is 0 Å². The molecule has 0 aromatic heterocycles. The Morgan fingerprint density at radius 3 is 2.19 bits per heavy atom. The highest BCUT2D eigenvalue weighted by molar-refractivity contribution is 5.96. The summed E-state index contributed by atoms with van der Waals surface area (Å²) in [4.78, 5) is 5.02. The molecule has 0 bridgehead atoms. The molecular formula is C29H28N2. The van der Waals surface area contributed by atoms with Gasteiger partial charge in [0.05, 0.1) is 11.4 Å². The van der Waals surface area contributed by atoms with Gasteiger partial charge in [0.2, 0.25) is 0 Å². The zero-order valence-electron chi connectivity index (χ0n) is 17.3. The summed E-state index contributed by atoms with van der Waals surface area (Å²) in [6.07, 6.45) is 1.19. The van der Waals surface area contributed by atoms with Gasteiger partial charge in [-0.1, -0.05) is 74.2 Å². The fourth-order valence-corrected chi connectivity index (χ4v) is 5.25. The summed E-state index contributed by atoms with van der Waals surface area (Å²) < 4.78 is 0. The molecule has 0 saturated heterocycles. The molecule has 0 unspecified atom stereocenters. The third-order valence-corrected chi connectivity index (χ3v) is 6.59. The Labute approximate surface area is 185 Å². The van der Waals surface area contributed by atoms with Gasteiger partial charge in [-0.3, -0.25) is 0 Å². The number of para-hydroxylation sites is 2. The molecule has 1 atom stereocenters. The Morgan fingerprint density at radius 2 is 1.39 bits per heavy atom. The Balaban J connectivity index is 0.00000204. The van der Waals surface area contributed by atoms with E-state index in [1.54, 1.807) is 0 Å². The van der Waals surface area contributed by atoms with Crippen LogP contribution in [0.5, 0.6) is 0 Å². The van der Waals surface area contributed by atoms with Crippen LogP contribution >= 0.6 is 0 Å². The molecule has 2 aliphatic rings. The van der Waals surface area contributed by atoms with Gasteiger partial charge in [0.25, 0.3) is 0 Å².